The zero-order valence-corrected chi connectivity index (χ0v) is 11.5. The molecular formula is C15H17F4NO. The van der Waals surface area contributed by atoms with Crippen LogP contribution in [0.2, 0.25) is 0 Å². The molecule has 6 heteroatoms. The lowest BCUT2D eigenvalue weighted by Gasteiger charge is -2.32. The second-order valence-corrected chi connectivity index (χ2v) is 5.72. The number of halogens is 4. The molecular weight excluding hydrogens is 286 g/mol. The maximum Gasteiger partial charge on any atom is 0.419 e. The lowest BCUT2D eigenvalue weighted by atomic mass is 9.78. The molecule has 0 heterocycles. The van der Waals surface area contributed by atoms with E-state index in [4.69, 9.17) is 5.73 Å². The summed E-state index contributed by atoms with van der Waals surface area (Å²) in [4.78, 5) is 12.1. The molecule has 0 saturated heterocycles. The fourth-order valence-corrected chi connectivity index (χ4v) is 2.77. The number of nitrogens with two attached hydrogens (primary N) is 1. The van der Waals surface area contributed by atoms with Gasteiger partial charge in [-0.3, -0.25) is 4.79 Å². The zero-order chi connectivity index (χ0) is 15.7. The second-order valence-electron chi connectivity index (χ2n) is 5.72. The Morgan fingerprint density at radius 1 is 1.19 bits per heavy atom. The number of hydrogen-bond donors (Lipinski definition) is 1. The predicted molar refractivity (Wildman–Crippen MR) is 70.4 cm³/mol. The molecule has 1 aliphatic carbocycles. The first-order chi connectivity index (χ1) is 9.71. The van der Waals surface area contributed by atoms with Gasteiger partial charge in [-0.1, -0.05) is 25.3 Å². The van der Waals surface area contributed by atoms with E-state index in [0.717, 1.165) is 25.3 Å². The Morgan fingerprint density at radius 3 is 2.33 bits per heavy atom. The van der Waals surface area contributed by atoms with Gasteiger partial charge in [0.1, 0.15) is 5.82 Å². The molecule has 0 spiro atoms. The summed E-state index contributed by atoms with van der Waals surface area (Å²) >= 11 is 0. The molecule has 116 valence electrons. The van der Waals surface area contributed by atoms with E-state index in [2.05, 4.69) is 0 Å². The lowest BCUT2D eigenvalue weighted by molar-refractivity contribution is -0.140. The maximum absolute atomic E-state index is 13.5. The number of hydrogen-bond acceptors (Lipinski definition) is 2. The van der Waals surface area contributed by atoms with Crippen LogP contribution in [-0.4, -0.2) is 11.3 Å². The fraction of sp³-hybridized carbons (Fsp3) is 0.533. The van der Waals surface area contributed by atoms with Gasteiger partial charge in [0.05, 0.1) is 5.56 Å². The molecule has 2 nitrogen and oxygen atoms in total. The maximum atomic E-state index is 13.5. The number of Topliss-reactive ketones (excluding diaryl/α,β-unsaturated/α-hetero) is 1. The van der Waals surface area contributed by atoms with Crippen LogP contribution in [0.5, 0.6) is 0 Å². The third-order valence-electron chi connectivity index (χ3n) is 3.96. The first-order valence-electron chi connectivity index (χ1n) is 6.90. The van der Waals surface area contributed by atoms with Crippen LogP contribution >= 0.6 is 0 Å². The summed E-state index contributed by atoms with van der Waals surface area (Å²) in [6, 6.07) is 2.27. The summed E-state index contributed by atoms with van der Waals surface area (Å²) in [7, 11) is 0. The number of carbonyl (C=O) groups excluding carboxylic acids is 1. The SMILES string of the molecule is NC1(CC(=O)c2ccc(C(F)(F)F)c(F)c2)CCCCC1. The molecule has 0 atom stereocenters. The number of rotatable bonds is 3. The van der Waals surface area contributed by atoms with Crippen molar-refractivity contribution in [1.29, 1.82) is 0 Å². The largest absolute Gasteiger partial charge is 0.419 e. The molecule has 1 aromatic rings. The second kappa shape index (κ2) is 5.75. The van der Waals surface area contributed by atoms with Crippen LogP contribution in [0, 0.1) is 5.82 Å². The number of carbonyl (C=O) groups is 1. The van der Waals surface area contributed by atoms with E-state index < -0.39 is 28.9 Å². The van der Waals surface area contributed by atoms with Crippen molar-refractivity contribution >= 4 is 5.78 Å². The van der Waals surface area contributed by atoms with E-state index in [-0.39, 0.29) is 12.0 Å². The summed E-state index contributed by atoms with van der Waals surface area (Å²) in [6.45, 7) is 0. The quantitative estimate of drug-likeness (QED) is 0.675. The third kappa shape index (κ3) is 3.81. The molecule has 0 radical (unpaired) electrons. The monoisotopic (exact) mass is 303 g/mol. The van der Waals surface area contributed by atoms with Gasteiger partial charge in [0.15, 0.2) is 5.78 Å². The van der Waals surface area contributed by atoms with Crippen molar-refractivity contribution in [3.8, 4) is 0 Å². The summed E-state index contributed by atoms with van der Waals surface area (Å²) < 4.78 is 50.9. The third-order valence-corrected chi connectivity index (χ3v) is 3.96. The van der Waals surface area contributed by atoms with E-state index in [1.54, 1.807) is 0 Å². The van der Waals surface area contributed by atoms with Crippen molar-refractivity contribution in [2.45, 2.75) is 50.2 Å². The Morgan fingerprint density at radius 2 is 1.81 bits per heavy atom. The minimum atomic E-state index is -4.76. The molecule has 1 aliphatic rings. The Bertz CT molecular complexity index is 533. The van der Waals surface area contributed by atoms with Gasteiger partial charge < -0.3 is 5.73 Å². The molecule has 0 aliphatic heterocycles. The van der Waals surface area contributed by atoms with Gasteiger partial charge in [-0.25, -0.2) is 4.39 Å². The summed E-state index contributed by atoms with van der Waals surface area (Å²) in [5.74, 6) is -1.84. The summed E-state index contributed by atoms with van der Waals surface area (Å²) in [5.41, 5.74) is 4.10. The molecule has 0 unspecified atom stereocenters. The predicted octanol–water partition coefficient (Wildman–Crippen LogP) is 4.08. The molecule has 2 N–H and O–H groups in total. The van der Waals surface area contributed by atoms with Crippen LogP contribution in [-0.2, 0) is 6.18 Å². The normalized spacial score (nSPS) is 18.5. The lowest BCUT2D eigenvalue weighted by Crippen LogP contribution is -2.43. The van der Waals surface area contributed by atoms with Crippen LogP contribution in [0.4, 0.5) is 17.6 Å². The molecule has 1 fully saturated rings. The van der Waals surface area contributed by atoms with Gasteiger partial charge in [-0.15, -0.1) is 0 Å². The van der Waals surface area contributed by atoms with Gasteiger partial charge >= 0.3 is 6.18 Å². The molecule has 1 saturated carbocycles. The van der Waals surface area contributed by atoms with Gasteiger partial charge in [-0.05, 0) is 25.0 Å². The molecule has 0 bridgehead atoms. The Hall–Kier alpha value is -1.43. The van der Waals surface area contributed by atoms with E-state index in [0.29, 0.717) is 25.0 Å². The molecule has 0 amide bonds. The van der Waals surface area contributed by atoms with Gasteiger partial charge in [0.25, 0.3) is 0 Å². The van der Waals surface area contributed by atoms with E-state index in [9.17, 15) is 22.4 Å². The Labute approximate surface area is 120 Å². The first kappa shape index (κ1) is 15.9. The highest BCUT2D eigenvalue weighted by atomic mass is 19.4. The van der Waals surface area contributed by atoms with Crippen LogP contribution in [0.1, 0.15) is 54.4 Å². The number of alkyl halides is 3. The molecule has 1 aromatic carbocycles. The highest BCUT2D eigenvalue weighted by Gasteiger charge is 2.35. The van der Waals surface area contributed by atoms with Crippen molar-refractivity contribution in [2.24, 2.45) is 5.73 Å². The van der Waals surface area contributed by atoms with Crippen LogP contribution in [0.25, 0.3) is 0 Å². The van der Waals surface area contributed by atoms with Crippen molar-refractivity contribution in [3.63, 3.8) is 0 Å². The van der Waals surface area contributed by atoms with Crippen molar-refractivity contribution in [1.82, 2.24) is 0 Å². The van der Waals surface area contributed by atoms with Crippen LogP contribution < -0.4 is 5.73 Å². The van der Waals surface area contributed by atoms with E-state index >= 15 is 0 Å². The minimum Gasteiger partial charge on any atom is -0.325 e. The summed E-state index contributed by atoms with van der Waals surface area (Å²) in [6.07, 6.45) is -0.357. The van der Waals surface area contributed by atoms with Crippen LogP contribution in [0.15, 0.2) is 18.2 Å². The van der Waals surface area contributed by atoms with Gasteiger partial charge in [-0.2, -0.15) is 13.2 Å². The average Bonchev–Trinajstić information content (AvgIpc) is 2.37. The minimum absolute atomic E-state index is 0.0395. The number of ketones is 1. The highest BCUT2D eigenvalue weighted by molar-refractivity contribution is 5.96. The molecule has 21 heavy (non-hydrogen) atoms. The van der Waals surface area contributed by atoms with Gasteiger partial charge in [0, 0.05) is 17.5 Å². The molecule has 0 aromatic heterocycles. The Kier molecular flexibility index (Phi) is 4.37. The fourth-order valence-electron chi connectivity index (χ4n) is 2.77. The summed E-state index contributed by atoms with van der Waals surface area (Å²) in [5, 5.41) is 0. The average molecular weight is 303 g/mol. The van der Waals surface area contributed by atoms with E-state index in [1.807, 2.05) is 0 Å². The smallest absolute Gasteiger partial charge is 0.325 e. The van der Waals surface area contributed by atoms with Crippen molar-refractivity contribution in [2.75, 3.05) is 0 Å². The van der Waals surface area contributed by atoms with Crippen molar-refractivity contribution in [3.05, 3.63) is 35.1 Å². The standard InChI is InChI=1S/C15H17F4NO/c16-12-8-10(4-5-11(12)15(17,18)19)13(21)9-14(20)6-2-1-3-7-14/h4-5,8H,1-3,6-7,9,20H2. The van der Waals surface area contributed by atoms with Crippen LogP contribution in [0.3, 0.4) is 0 Å². The number of benzene rings is 1. The first-order valence-corrected chi connectivity index (χ1v) is 6.90. The van der Waals surface area contributed by atoms with E-state index in [1.165, 1.54) is 0 Å². The van der Waals surface area contributed by atoms with Crippen molar-refractivity contribution < 1.29 is 22.4 Å². The zero-order valence-electron chi connectivity index (χ0n) is 11.5. The topological polar surface area (TPSA) is 43.1 Å². The highest BCUT2D eigenvalue weighted by Crippen LogP contribution is 2.33. The Balaban J connectivity index is 2.15. The molecule has 2 rings (SSSR count). The van der Waals surface area contributed by atoms with Gasteiger partial charge in [0.2, 0.25) is 0 Å².